The molecule has 15 heavy (non-hydrogen) atoms. The molecule has 0 aromatic heterocycles. The van der Waals surface area contributed by atoms with Crippen molar-refractivity contribution < 1.29 is 9.47 Å². The Morgan fingerprint density at radius 3 is 2.87 bits per heavy atom. The highest BCUT2D eigenvalue weighted by molar-refractivity contribution is 4.80. The smallest absolute Gasteiger partial charge is 0.158 e. The summed E-state index contributed by atoms with van der Waals surface area (Å²) in [6, 6.07) is 2.12. The second kappa shape index (κ2) is 5.45. The van der Waals surface area contributed by atoms with Gasteiger partial charge in [-0.1, -0.05) is 0 Å². The molecule has 2 heterocycles. The standard InChI is InChI=1S/C11H18N2O2/c12-4-1-10-8-14-11(15-10)7-9-2-5-13-6-3-9/h9-11,13H,1-3,5-8H2. The molecule has 4 heteroatoms. The van der Waals surface area contributed by atoms with E-state index in [1.54, 1.807) is 0 Å². The van der Waals surface area contributed by atoms with Crippen molar-refractivity contribution in [3.8, 4) is 6.07 Å². The molecule has 4 nitrogen and oxygen atoms in total. The van der Waals surface area contributed by atoms with Crippen LogP contribution in [0.5, 0.6) is 0 Å². The number of nitriles is 1. The van der Waals surface area contributed by atoms with Crippen LogP contribution in [0, 0.1) is 17.2 Å². The first-order chi connectivity index (χ1) is 7.38. The molecule has 2 aliphatic rings. The molecule has 2 aliphatic heterocycles. The fourth-order valence-corrected chi connectivity index (χ4v) is 2.23. The zero-order chi connectivity index (χ0) is 10.5. The lowest BCUT2D eigenvalue weighted by atomic mass is 9.94. The van der Waals surface area contributed by atoms with Gasteiger partial charge in [-0.3, -0.25) is 0 Å². The Labute approximate surface area is 90.5 Å². The summed E-state index contributed by atoms with van der Waals surface area (Å²) in [7, 11) is 0. The van der Waals surface area contributed by atoms with E-state index < -0.39 is 0 Å². The van der Waals surface area contributed by atoms with Crippen LogP contribution in [0.1, 0.15) is 25.7 Å². The fraction of sp³-hybridized carbons (Fsp3) is 0.909. The van der Waals surface area contributed by atoms with E-state index in [1.165, 1.54) is 12.8 Å². The SMILES string of the molecule is N#CCC1COC(CC2CCNCC2)O1. The summed E-state index contributed by atoms with van der Waals surface area (Å²) in [6.07, 6.45) is 3.80. The fourth-order valence-electron chi connectivity index (χ4n) is 2.23. The summed E-state index contributed by atoms with van der Waals surface area (Å²) in [5.74, 6) is 0.720. The number of hydrogen-bond acceptors (Lipinski definition) is 4. The van der Waals surface area contributed by atoms with Gasteiger partial charge in [0, 0.05) is 6.42 Å². The van der Waals surface area contributed by atoms with Gasteiger partial charge in [-0.15, -0.1) is 0 Å². The van der Waals surface area contributed by atoms with E-state index in [-0.39, 0.29) is 12.4 Å². The molecular formula is C11H18N2O2. The van der Waals surface area contributed by atoms with E-state index in [9.17, 15) is 0 Å². The first-order valence-electron chi connectivity index (χ1n) is 5.73. The summed E-state index contributed by atoms with van der Waals surface area (Å²) in [5, 5.41) is 11.9. The van der Waals surface area contributed by atoms with E-state index in [4.69, 9.17) is 14.7 Å². The average Bonchev–Trinajstić information content (AvgIpc) is 2.68. The van der Waals surface area contributed by atoms with Crippen molar-refractivity contribution in [2.75, 3.05) is 19.7 Å². The van der Waals surface area contributed by atoms with Crippen LogP contribution in [-0.4, -0.2) is 32.1 Å². The number of hydrogen-bond donors (Lipinski definition) is 1. The second-order valence-corrected chi connectivity index (χ2v) is 4.31. The summed E-state index contributed by atoms with van der Waals surface area (Å²) < 4.78 is 11.2. The molecule has 0 saturated carbocycles. The summed E-state index contributed by atoms with van der Waals surface area (Å²) in [6.45, 7) is 2.81. The molecule has 0 radical (unpaired) electrons. The highest BCUT2D eigenvalue weighted by Gasteiger charge is 2.28. The van der Waals surface area contributed by atoms with E-state index in [1.807, 2.05) is 0 Å². The van der Waals surface area contributed by atoms with Gasteiger partial charge in [-0.2, -0.15) is 5.26 Å². The Morgan fingerprint density at radius 2 is 2.13 bits per heavy atom. The minimum absolute atomic E-state index is 0.00159. The molecule has 2 fully saturated rings. The minimum Gasteiger partial charge on any atom is -0.350 e. The number of nitrogens with one attached hydrogen (secondary N) is 1. The molecule has 84 valence electrons. The number of piperidine rings is 1. The lowest BCUT2D eigenvalue weighted by Crippen LogP contribution is -2.30. The maximum atomic E-state index is 8.54. The van der Waals surface area contributed by atoms with E-state index in [0.717, 1.165) is 25.4 Å². The molecule has 0 aromatic carbocycles. The Bertz CT molecular complexity index is 233. The van der Waals surface area contributed by atoms with Crippen molar-refractivity contribution in [2.24, 2.45) is 5.92 Å². The predicted molar refractivity (Wildman–Crippen MR) is 55.1 cm³/mol. The third-order valence-corrected chi connectivity index (χ3v) is 3.12. The molecule has 0 spiro atoms. The van der Waals surface area contributed by atoms with Crippen molar-refractivity contribution >= 4 is 0 Å². The summed E-state index contributed by atoms with van der Waals surface area (Å²) in [4.78, 5) is 0. The quantitative estimate of drug-likeness (QED) is 0.756. The van der Waals surface area contributed by atoms with Crippen molar-refractivity contribution in [1.29, 1.82) is 5.26 Å². The van der Waals surface area contributed by atoms with Gasteiger partial charge in [0.2, 0.25) is 0 Å². The molecular weight excluding hydrogens is 192 g/mol. The molecule has 1 N–H and O–H groups in total. The Kier molecular flexibility index (Phi) is 3.95. The summed E-state index contributed by atoms with van der Waals surface area (Å²) in [5.41, 5.74) is 0. The van der Waals surface area contributed by atoms with Crippen molar-refractivity contribution in [1.82, 2.24) is 5.32 Å². The highest BCUT2D eigenvalue weighted by Crippen LogP contribution is 2.24. The maximum Gasteiger partial charge on any atom is 0.158 e. The predicted octanol–water partition coefficient (Wildman–Crippen LogP) is 1.03. The number of rotatable bonds is 3. The van der Waals surface area contributed by atoms with Crippen LogP contribution in [0.2, 0.25) is 0 Å². The van der Waals surface area contributed by atoms with Crippen LogP contribution in [-0.2, 0) is 9.47 Å². The van der Waals surface area contributed by atoms with Gasteiger partial charge < -0.3 is 14.8 Å². The molecule has 0 amide bonds. The topological polar surface area (TPSA) is 54.3 Å². The van der Waals surface area contributed by atoms with Gasteiger partial charge in [-0.05, 0) is 31.8 Å². The maximum absolute atomic E-state index is 8.54. The van der Waals surface area contributed by atoms with Crippen molar-refractivity contribution in [3.05, 3.63) is 0 Å². The van der Waals surface area contributed by atoms with Crippen LogP contribution < -0.4 is 5.32 Å². The molecule has 2 rings (SSSR count). The van der Waals surface area contributed by atoms with E-state index in [0.29, 0.717) is 13.0 Å². The molecule has 2 saturated heterocycles. The first kappa shape index (κ1) is 10.9. The minimum atomic E-state index is -0.0635. The van der Waals surface area contributed by atoms with Gasteiger partial charge in [0.15, 0.2) is 6.29 Å². The van der Waals surface area contributed by atoms with E-state index in [2.05, 4.69) is 11.4 Å². The number of nitrogens with zero attached hydrogens (tertiary/aromatic N) is 1. The molecule has 0 aliphatic carbocycles. The summed E-state index contributed by atoms with van der Waals surface area (Å²) >= 11 is 0. The third kappa shape index (κ3) is 3.16. The monoisotopic (exact) mass is 210 g/mol. The van der Waals surface area contributed by atoms with Crippen molar-refractivity contribution in [3.63, 3.8) is 0 Å². The largest absolute Gasteiger partial charge is 0.350 e. The number of ether oxygens (including phenoxy) is 2. The van der Waals surface area contributed by atoms with Crippen molar-refractivity contribution in [2.45, 2.75) is 38.1 Å². The zero-order valence-corrected chi connectivity index (χ0v) is 8.95. The Morgan fingerprint density at radius 1 is 1.33 bits per heavy atom. The van der Waals surface area contributed by atoms with Crippen LogP contribution >= 0.6 is 0 Å². The zero-order valence-electron chi connectivity index (χ0n) is 8.95. The van der Waals surface area contributed by atoms with Crippen LogP contribution in [0.15, 0.2) is 0 Å². The van der Waals surface area contributed by atoms with Crippen LogP contribution in [0.3, 0.4) is 0 Å². The third-order valence-electron chi connectivity index (χ3n) is 3.12. The average molecular weight is 210 g/mol. The Hall–Kier alpha value is -0.630. The normalized spacial score (nSPS) is 32.7. The Balaban J connectivity index is 1.69. The highest BCUT2D eigenvalue weighted by atomic mass is 16.7. The second-order valence-electron chi connectivity index (χ2n) is 4.31. The van der Waals surface area contributed by atoms with Crippen LogP contribution in [0.4, 0.5) is 0 Å². The van der Waals surface area contributed by atoms with Gasteiger partial charge in [-0.25, -0.2) is 0 Å². The van der Waals surface area contributed by atoms with E-state index >= 15 is 0 Å². The van der Waals surface area contributed by atoms with Crippen LogP contribution in [0.25, 0.3) is 0 Å². The van der Waals surface area contributed by atoms with Gasteiger partial charge >= 0.3 is 0 Å². The lowest BCUT2D eigenvalue weighted by molar-refractivity contribution is -0.0724. The molecule has 2 unspecified atom stereocenters. The van der Waals surface area contributed by atoms with Gasteiger partial charge in [0.05, 0.1) is 25.2 Å². The molecule has 0 bridgehead atoms. The molecule has 0 aromatic rings. The van der Waals surface area contributed by atoms with Gasteiger partial charge in [0.1, 0.15) is 0 Å². The van der Waals surface area contributed by atoms with Gasteiger partial charge in [0.25, 0.3) is 0 Å². The molecule has 2 atom stereocenters. The lowest BCUT2D eigenvalue weighted by Gasteiger charge is -2.24. The first-order valence-corrected chi connectivity index (χ1v) is 5.73.